The Hall–Kier alpha value is -1.06. The van der Waals surface area contributed by atoms with Crippen LogP contribution in [0.5, 0.6) is 0 Å². The molecule has 0 amide bonds. The van der Waals surface area contributed by atoms with Crippen molar-refractivity contribution in [3.63, 3.8) is 0 Å². The van der Waals surface area contributed by atoms with Crippen LogP contribution in [0.25, 0.3) is 0 Å². The fraction of sp³-hybridized carbons (Fsp3) is 0.500. The van der Waals surface area contributed by atoms with Crippen molar-refractivity contribution in [1.82, 2.24) is 0 Å². The molecule has 15 heavy (non-hydrogen) atoms. The van der Waals surface area contributed by atoms with Gasteiger partial charge in [-0.3, -0.25) is 0 Å². The highest BCUT2D eigenvalue weighted by Crippen LogP contribution is 2.13. The fourth-order valence-corrected chi connectivity index (χ4v) is 1.40. The standard InChI is InChI=1S/C12H19NO2/c1-3-5-12(13)11-6-4-7-14-9-15-10(2)8-11/h4,6,8,12H,2-3,5,7,9,13H2,1H3/b6-4-,11-8+. The van der Waals surface area contributed by atoms with Gasteiger partial charge in [-0.2, -0.15) is 0 Å². The SMILES string of the molecule is C=C1/C=C(C(N)CCC)\C=C/COCO1. The average molecular weight is 209 g/mol. The van der Waals surface area contributed by atoms with Gasteiger partial charge in [-0.1, -0.05) is 32.1 Å². The van der Waals surface area contributed by atoms with Crippen LogP contribution in [-0.2, 0) is 9.47 Å². The summed E-state index contributed by atoms with van der Waals surface area (Å²) in [6, 6.07) is 0.0460. The van der Waals surface area contributed by atoms with Crippen molar-refractivity contribution in [3.05, 3.63) is 36.1 Å². The summed E-state index contributed by atoms with van der Waals surface area (Å²) in [4.78, 5) is 0. The maximum Gasteiger partial charge on any atom is 0.189 e. The van der Waals surface area contributed by atoms with E-state index in [9.17, 15) is 0 Å². The van der Waals surface area contributed by atoms with Gasteiger partial charge in [0.15, 0.2) is 6.79 Å². The Morgan fingerprint density at radius 2 is 2.40 bits per heavy atom. The molecule has 0 fully saturated rings. The van der Waals surface area contributed by atoms with Gasteiger partial charge >= 0.3 is 0 Å². The zero-order chi connectivity index (χ0) is 11.1. The molecular weight excluding hydrogens is 190 g/mol. The van der Waals surface area contributed by atoms with Crippen molar-refractivity contribution in [2.24, 2.45) is 5.73 Å². The summed E-state index contributed by atoms with van der Waals surface area (Å²) in [5, 5.41) is 0. The van der Waals surface area contributed by atoms with Gasteiger partial charge in [0.1, 0.15) is 5.76 Å². The number of rotatable bonds is 3. The minimum Gasteiger partial charge on any atom is -0.468 e. The Bertz CT molecular complexity index is 269. The first-order valence-electron chi connectivity index (χ1n) is 5.27. The van der Waals surface area contributed by atoms with Crippen molar-refractivity contribution >= 4 is 0 Å². The van der Waals surface area contributed by atoms with E-state index in [1.165, 1.54) is 0 Å². The van der Waals surface area contributed by atoms with Crippen LogP contribution in [-0.4, -0.2) is 19.4 Å². The molecule has 1 heterocycles. The van der Waals surface area contributed by atoms with Crippen LogP contribution in [0, 0.1) is 0 Å². The molecule has 1 rings (SSSR count). The molecule has 0 aromatic carbocycles. The van der Waals surface area contributed by atoms with Gasteiger partial charge in [0.05, 0.1) is 6.61 Å². The summed E-state index contributed by atoms with van der Waals surface area (Å²) < 4.78 is 10.4. The highest BCUT2D eigenvalue weighted by atomic mass is 16.7. The summed E-state index contributed by atoms with van der Waals surface area (Å²) in [5.41, 5.74) is 7.08. The molecule has 1 unspecified atom stereocenters. The van der Waals surface area contributed by atoms with E-state index in [-0.39, 0.29) is 12.8 Å². The van der Waals surface area contributed by atoms with Crippen molar-refractivity contribution in [2.45, 2.75) is 25.8 Å². The van der Waals surface area contributed by atoms with Crippen LogP contribution < -0.4 is 5.73 Å². The van der Waals surface area contributed by atoms with Gasteiger partial charge in [0.25, 0.3) is 0 Å². The predicted molar refractivity (Wildman–Crippen MR) is 61.2 cm³/mol. The number of allylic oxidation sites excluding steroid dienone is 1. The van der Waals surface area contributed by atoms with Gasteiger partial charge in [0, 0.05) is 6.04 Å². The summed E-state index contributed by atoms with van der Waals surface area (Å²) in [6.45, 7) is 6.69. The smallest absolute Gasteiger partial charge is 0.189 e. The van der Waals surface area contributed by atoms with Crippen molar-refractivity contribution < 1.29 is 9.47 Å². The van der Waals surface area contributed by atoms with Crippen LogP contribution in [0.1, 0.15) is 19.8 Å². The number of ether oxygens (including phenoxy) is 2. The van der Waals surface area contributed by atoms with Crippen LogP contribution in [0.15, 0.2) is 36.1 Å². The first kappa shape index (κ1) is 12.0. The molecular formula is C12H19NO2. The third-order valence-electron chi connectivity index (χ3n) is 2.21. The third-order valence-corrected chi connectivity index (χ3v) is 2.21. The maximum absolute atomic E-state index is 6.04. The van der Waals surface area contributed by atoms with Crippen LogP contribution >= 0.6 is 0 Å². The summed E-state index contributed by atoms with van der Waals surface area (Å²) in [7, 11) is 0. The Labute approximate surface area is 91.2 Å². The van der Waals surface area contributed by atoms with Gasteiger partial charge in [-0.25, -0.2) is 0 Å². The van der Waals surface area contributed by atoms with Gasteiger partial charge < -0.3 is 15.2 Å². The normalized spacial score (nSPS) is 25.2. The summed E-state index contributed by atoms with van der Waals surface area (Å²) in [6.07, 6.45) is 7.84. The molecule has 0 saturated carbocycles. The lowest BCUT2D eigenvalue weighted by Gasteiger charge is -2.12. The lowest BCUT2D eigenvalue weighted by Crippen LogP contribution is -2.21. The van der Waals surface area contributed by atoms with E-state index in [0.717, 1.165) is 18.4 Å². The molecule has 0 radical (unpaired) electrons. The first-order chi connectivity index (χ1) is 7.24. The minimum absolute atomic E-state index is 0.0460. The van der Waals surface area contributed by atoms with E-state index in [4.69, 9.17) is 15.2 Å². The van der Waals surface area contributed by atoms with Crippen molar-refractivity contribution in [2.75, 3.05) is 13.4 Å². The molecule has 0 saturated heterocycles. The first-order valence-corrected chi connectivity index (χ1v) is 5.27. The summed E-state index contributed by atoms with van der Waals surface area (Å²) >= 11 is 0. The molecule has 2 N–H and O–H groups in total. The summed E-state index contributed by atoms with van der Waals surface area (Å²) in [5.74, 6) is 0.600. The minimum atomic E-state index is 0.0460. The largest absolute Gasteiger partial charge is 0.468 e. The van der Waals surface area contributed by atoms with E-state index in [0.29, 0.717) is 12.4 Å². The molecule has 3 heteroatoms. The Balaban J connectivity index is 2.73. The molecule has 0 bridgehead atoms. The lowest BCUT2D eigenvalue weighted by atomic mass is 10.0. The molecule has 1 atom stereocenters. The van der Waals surface area contributed by atoms with Crippen molar-refractivity contribution in [3.8, 4) is 0 Å². The van der Waals surface area contributed by atoms with Crippen LogP contribution in [0.4, 0.5) is 0 Å². The van der Waals surface area contributed by atoms with E-state index in [1.807, 2.05) is 18.2 Å². The second-order valence-corrected chi connectivity index (χ2v) is 3.54. The zero-order valence-electron chi connectivity index (χ0n) is 9.24. The maximum atomic E-state index is 6.04. The van der Waals surface area contributed by atoms with Crippen molar-refractivity contribution in [1.29, 1.82) is 0 Å². The zero-order valence-corrected chi connectivity index (χ0v) is 9.24. The lowest BCUT2D eigenvalue weighted by molar-refractivity contribution is -0.00601. The number of nitrogens with two attached hydrogens (primary N) is 1. The Kier molecular flexibility index (Phi) is 5.15. The molecule has 0 spiro atoms. The van der Waals surface area contributed by atoms with E-state index < -0.39 is 0 Å². The molecule has 0 aromatic heterocycles. The van der Waals surface area contributed by atoms with E-state index in [1.54, 1.807) is 0 Å². The highest BCUT2D eigenvalue weighted by molar-refractivity contribution is 5.30. The van der Waals surface area contributed by atoms with Crippen LogP contribution in [0.3, 0.4) is 0 Å². The molecule has 0 aromatic rings. The monoisotopic (exact) mass is 209 g/mol. The average Bonchev–Trinajstić information content (AvgIpc) is 2.30. The highest BCUT2D eigenvalue weighted by Gasteiger charge is 2.07. The number of hydrogen-bond acceptors (Lipinski definition) is 3. The fourth-order valence-electron chi connectivity index (χ4n) is 1.40. The predicted octanol–water partition coefficient (Wildman–Crippen LogP) is 2.11. The third kappa shape index (κ3) is 4.32. The Morgan fingerprint density at radius 3 is 3.13 bits per heavy atom. The van der Waals surface area contributed by atoms with Crippen LogP contribution in [0.2, 0.25) is 0 Å². The topological polar surface area (TPSA) is 44.5 Å². The molecule has 1 aliphatic rings. The number of hydrogen-bond donors (Lipinski definition) is 1. The van der Waals surface area contributed by atoms with E-state index >= 15 is 0 Å². The molecule has 3 nitrogen and oxygen atoms in total. The van der Waals surface area contributed by atoms with E-state index in [2.05, 4.69) is 13.5 Å². The van der Waals surface area contributed by atoms with Gasteiger partial charge in [-0.15, -0.1) is 0 Å². The molecule has 1 aliphatic heterocycles. The molecule has 0 aliphatic carbocycles. The Morgan fingerprint density at radius 1 is 1.60 bits per heavy atom. The second kappa shape index (κ2) is 6.43. The molecule has 84 valence electrons. The van der Waals surface area contributed by atoms with Gasteiger partial charge in [-0.05, 0) is 18.1 Å². The van der Waals surface area contributed by atoms with Gasteiger partial charge in [0.2, 0.25) is 0 Å². The second-order valence-electron chi connectivity index (χ2n) is 3.54. The quantitative estimate of drug-likeness (QED) is 0.774.